The number of halogens is 2. The van der Waals surface area contributed by atoms with Crippen LogP contribution in [0.3, 0.4) is 0 Å². The summed E-state index contributed by atoms with van der Waals surface area (Å²) in [5.74, 6) is -1.27. The molecule has 0 aliphatic heterocycles. The van der Waals surface area contributed by atoms with Crippen LogP contribution in [-0.4, -0.2) is 27.7 Å². The molecule has 0 unspecified atom stereocenters. The van der Waals surface area contributed by atoms with Crippen molar-refractivity contribution in [2.24, 2.45) is 0 Å². The van der Waals surface area contributed by atoms with E-state index in [1.807, 2.05) is 6.07 Å². The maximum absolute atomic E-state index is 10.7. The van der Waals surface area contributed by atoms with Crippen LogP contribution in [0.4, 0.5) is 11.8 Å². The van der Waals surface area contributed by atoms with Crippen LogP contribution in [0.25, 0.3) is 11.3 Å². The second kappa shape index (κ2) is 6.68. The van der Waals surface area contributed by atoms with Gasteiger partial charge in [0.1, 0.15) is 23.2 Å². The fraction of sp³-hybridized carbons (Fsp3) is 0.0769. The van der Waals surface area contributed by atoms with Gasteiger partial charge < -0.3 is 21.3 Å². The minimum absolute atomic E-state index is 0.0199. The Morgan fingerprint density at radius 2 is 2.13 bits per heavy atom. The van der Waals surface area contributed by atoms with Crippen molar-refractivity contribution in [2.45, 2.75) is 0 Å². The molecule has 0 aliphatic rings. The lowest BCUT2D eigenvalue weighted by molar-refractivity contribution is -0.139. The molecule has 1 heterocycles. The number of anilines is 2. The molecule has 0 saturated heterocycles. The summed E-state index contributed by atoms with van der Waals surface area (Å²) in [6.45, 7) is -0.592. The van der Waals surface area contributed by atoms with Gasteiger partial charge in [-0.2, -0.15) is 10.2 Å². The van der Waals surface area contributed by atoms with Crippen LogP contribution in [0, 0.1) is 11.3 Å². The number of nitrogens with two attached hydrogens (primary N) is 2. The summed E-state index contributed by atoms with van der Waals surface area (Å²) in [4.78, 5) is 18.5. The number of nitrogens with zero attached hydrogens (tertiary/aromatic N) is 3. The van der Waals surface area contributed by atoms with Crippen molar-refractivity contribution in [3.63, 3.8) is 0 Å². The third-order valence-corrected chi connectivity index (χ3v) is 3.48. The van der Waals surface area contributed by atoms with Crippen molar-refractivity contribution in [3.8, 4) is 23.1 Å². The van der Waals surface area contributed by atoms with E-state index in [4.69, 9.17) is 32.9 Å². The molecule has 1 aromatic carbocycles. The standard InChI is InChI=1S/C13H9BrClN5O3/c14-8-2-5(15)1-6(11(8)23-4-9(21)22)10-7(3-16)12(17)20-13(18)19-10/h1-2H,4H2,(H,21,22)(H4,17,18,19,20). The summed E-state index contributed by atoms with van der Waals surface area (Å²) in [6, 6.07) is 4.86. The highest BCUT2D eigenvalue weighted by Gasteiger charge is 2.20. The number of nitrogen functional groups attached to an aromatic ring is 2. The summed E-state index contributed by atoms with van der Waals surface area (Å²) < 4.78 is 5.65. The molecular formula is C13H9BrClN5O3. The molecule has 23 heavy (non-hydrogen) atoms. The Morgan fingerprint density at radius 3 is 2.74 bits per heavy atom. The Kier molecular flexibility index (Phi) is 4.88. The zero-order valence-corrected chi connectivity index (χ0v) is 13.7. The van der Waals surface area contributed by atoms with Gasteiger partial charge in [0.2, 0.25) is 5.95 Å². The summed E-state index contributed by atoms with van der Waals surface area (Å²) in [6.07, 6.45) is 0. The summed E-state index contributed by atoms with van der Waals surface area (Å²) in [5, 5.41) is 18.4. The Hall–Kier alpha value is -2.57. The summed E-state index contributed by atoms with van der Waals surface area (Å²) >= 11 is 9.26. The number of rotatable bonds is 4. The van der Waals surface area contributed by atoms with Crippen LogP contribution in [0.15, 0.2) is 16.6 Å². The number of ether oxygens (including phenoxy) is 1. The number of benzene rings is 1. The molecule has 0 radical (unpaired) electrons. The minimum Gasteiger partial charge on any atom is -0.480 e. The molecule has 0 saturated carbocycles. The lowest BCUT2D eigenvalue weighted by atomic mass is 10.1. The Labute approximate surface area is 143 Å². The van der Waals surface area contributed by atoms with Crippen LogP contribution >= 0.6 is 27.5 Å². The number of nitriles is 1. The third kappa shape index (κ3) is 3.61. The van der Waals surface area contributed by atoms with Gasteiger partial charge in [-0.3, -0.25) is 0 Å². The fourth-order valence-electron chi connectivity index (χ4n) is 1.82. The van der Waals surface area contributed by atoms with E-state index >= 15 is 0 Å². The topological polar surface area (TPSA) is 148 Å². The molecule has 0 aliphatic carbocycles. The van der Waals surface area contributed by atoms with Crippen LogP contribution in [0.2, 0.25) is 5.02 Å². The average Bonchev–Trinajstić information content (AvgIpc) is 2.44. The van der Waals surface area contributed by atoms with E-state index in [-0.39, 0.29) is 34.3 Å². The van der Waals surface area contributed by atoms with Crippen molar-refractivity contribution in [1.82, 2.24) is 9.97 Å². The molecule has 10 heteroatoms. The van der Waals surface area contributed by atoms with Gasteiger partial charge in [-0.05, 0) is 28.1 Å². The van der Waals surface area contributed by atoms with Gasteiger partial charge >= 0.3 is 5.97 Å². The molecule has 2 rings (SSSR count). The minimum atomic E-state index is -1.17. The predicted octanol–water partition coefficient (Wildman–Crippen LogP) is 2.06. The van der Waals surface area contributed by atoms with E-state index in [0.29, 0.717) is 9.50 Å². The molecule has 0 spiro atoms. The van der Waals surface area contributed by atoms with Gasteiger partial charge in [0, 0.05) is 10.6 Å². The van der Waals surface area contributed by atoms with Crippen LogP contribution in [0.1, 0.15) is 5.56 Å². The van der Waals surface area contributed by atoms with E-state index in [2.05, 4.69) is 25.9 Å². The fourth-order valence-corrected chi connectivity index (χ4v) is 2.74. The van der Waals surface area contributed by atoms with Crippen LogP contribution in [0.5, 0.6) is 5.75 Å². The third-order valence-electron chi connectivity index (χ3n) is 2.67. The number of carboxylic acid groups (broad SMARTS) is 1. The SMILES string of the molecule is N#Cc1c(N)nc(N)nc1-c1cc(Cl)cc(Br)c1OCC(=O)O. The molecule has 2 aromatic rings. The highest BCUT2D eigenvalue weighted by Crippen LogP contribution is 2.40. The van der Waals surface area contributed by atoms with E-state index < -0.39 is 12.6 Å². The first-order chi connectivity index (χ1) is 10.8. The average molecular weight is 399 g/mol. The molecule has 0 atom stereocenters. The van der Waals surface area contributed by atoms with Gasteiger partial charge in [0.15, 0.2) is 6.61 Å². The van der Waals surface area contributed by atoms with Crippen molar-refractivity contribution >= 4 is 45.3 Å². The quantitative estimate of drug-likeness (QED) is 0.708. The molecule has 0 fully saturated rings. The Bertz CT molecular complexity index is 837. The van der Waals surface area contributed by atoms with E-state index in [9.17, 15) is 10.1 Å². The number of aliphatic carboxylic acids is 1. The van der Waals surface area contributed by atoms with Crippen LogP contribution < -0.4 is 16.2 Å². The van der Waals surface area contributed by atoms with E-state index in [0.717, 1.165) is 0 Å². The zero-order valence-electron chi connectivity index (χ0n) is 11.4. The zero-order chi connectivity index (χ0) is 17.1. The van der Waals surface area contributed by atoms with Gasteiger partial charge in [0.25, 0.3) is 0 Å². The number of carbonyl (C=O) groups is 1. The van der Waals surface area contributed by atoms with E-state index in [1.165, 1.54) is 12.1 Å². The van der Waals surface area contributed by atoms with Gasteiger partial charge in [-0.1, -0.05) is 11.6 Å². The van der Waals surface area contributed by atoms with Crippen molar-refractivity contribution in [1.29, 1.82) is 5.26 Å². The first kappa shape index (κ1) is 16.8. The van der Waals surface area contributed by atoms with Gasteiger partial charge in [-0.15, -0.1) is 0 Å². The monoisotopic (exact) mass is 397 g/mol. The molecule has 1 aromatic heterocycles. The molecule has 118 valence electrons. The van der Waals surface area contributed by atoms with Crippen LogP contribution in [-0.2, 0) is 4.79 Å². The lowest BCUT2D eigenvalue weighted by Crippen LogP contribution is -2.11. The first-order valence-corrected chi connectivity index (χ1v) is 7.17. The maximum Gasteiger partial charge on any atom is 0.341 e. The normalized spacial score (nSPS) is 10.1. The van der Waals surface area contributed by atoms with Crippen molar-refractivity contribution in [3.05, 3.63) is 27.2 Å². The highest BCUT2D eigenvalue weighted by molar-refractivity contribution is 9.10. The van der Waals surface area contributed by atoms with Crippen molar-refractivity contribution < 1.29 is 14.6 Å². The van der Waals surface area contributed by atoms with Gasteiger partial charge in [-0.25, -0.2) is 9.78 Å². The largest absolute Gasteiger partial charge is 0.480 e. The summed E-state index contributed by atoms with van der Waals surface area (Å²) in [5.41, 5.74) is 11.6. The Balaban J connectivity index is 2.73. The number of aromatic nitrogens is 2. The predicted molar refractivity (Wildman–Crippen MR) is 86.8 cm³/mol. The number of hydrogen-bond donors (Lipinski definition) is 3. The second-order valence-electron chi connectivity index (χ2n) is 4.25. The maximum atomic E-state index is 10.7. The Morgan fingerprint density at radius 1 is 1.43 bits per heavy atom. The molecule has 8 nitrogen and oxygen atoms in total. The smallest absolute Gasteiger partial charge is 0.341 e. The summed E-state index contributed by atoms with van der Waals surface area (Å²) in [7, 11) is 0. The van der Waals surface area contributed by atoms with Gasteiger partial charge in [0.05, 0.1) is 10.2 Å². The second-order valence-corrected chi connectivity index (χ2v) is 5.54. The molecule has 0 amide bonds. The highest BCUT2D eigenvalue weighted by atomic mass is 79.9. The van der Waals surface area contributed by atoms with Crippen molar-refractivity contribution in [2.75, 3.05) is 18.1 Å². The lowest BCUT2D eigenvalue weighted by Gasteiger charge is -2.14. The number of carboxylic acids is 1. The number of hydrogen-bond acceptors (Lipinski definition) is 7. The molecule has 0 bridgehead atoms. The molecular weight excluding hydrogens is 390 g/mol. The first-order valence-electron chi connectivity index (χ1n) is 6.00. The molecule has 5 N–H and O–H groups in total. The van der Waals surface area contributed by atoms with E-state index in [1.54, 1.807) is 0 Å².